The quantitative estimate of drug-likeness (QED) is 0.664. The van der Waals surface area contributed by atoms with E-state index in [2.05, 4.69) is 24.8 Å². The Bertz CT molecular complexity index is 183. The molecule has 2 atom stereocenters. The van der Waals surface area contributed by atoms with Crippen LogP contribution in [0.2, 0.25) is 0 Å². The maximum atomic E-state index is 8.67. The number of likely N-dealkylation sites (tertiary alicyclic amines) is 1. The maximum absolute atomic E-state index is 8.67. The fraction of sp³-hybridized carbons (Fsp3) is 0.909. The minimum Gasteiger partial charge on any atom is -0.299 e. The Morgan fingerprint density at radius 1 is 1.54 bits per heavy atom. The van der Waals surface area contributed by atoms with Crippen molar-refractivity contribution in [2.75, 3.05) is 13.1 Å². The van der Waals surface area contributed by atoms with E-state index >= 15 is 0 Å². The van der Waals surface area contributed by atoms with Gasteiger partial charge in [0.25, 0.3) is 0 Å². The summed E-state index contributed by atoms with van der Waals surface area (Å²) in [7, 11) is 0. The molecule has 0 radical (unpaired) electrons. The molecule has 0 aromatic heterocycles. The van der Waals surface area contributed by atoms with Crippen LogP contribution in [0.5, 0.6) is 0 Å². The number of rotatable bonds is 4. The van der Waals surface area contributed by atoms with Gasteiger partial charge in [-0.3, -0.25) is 4.90 Å². The molecule has 1 saturated heterocycles. The Kier molecular flexibility index (Phi) is 4.24. The summed E-state index contributed by atoms with van der Waals surface area (Å²) in [6.07, 6.45) is 4.44. The van der Waals surface area contributed by atoms with Crippen molar-refractivity contribution < 1.29 is 0 Å². The van der Waals surface area contributed by atoms with E-state index in [1.807, 2.05) is 0 Å². The molecule has 1 rings (SSSR count). The summed E-state index contributed by atoms with van der Waals surface area (Å²) in [5, 5.41) is 8.67. The summed E-state index contributed by atoms with van der Waals surface area (Å²) in [5.74, 6) is 0.882. The molecule has 0 aliphatic carbocycles. The highest BCUT2D eigenvalue weighted by atomic mass is 15.2. The molecule has 0 aromatic rings. The van der Waals surface area contributed by atoms with Gasteiger partial charge in [0.05, 0.1) is 12.5 Å². The lowest BCUT2D eigenvalue weighted by Gasteiger charge is -2.24. The SMILES string of the molecule is CCC1CCN(C(CC)CC#N)C1. The maximum Gasteiger partial charge on any atom is 0.0638 e. The predicted molar refractivity (Wildman–Crippen MR) is 54.3 cm³/mol. The molecule has 1 aliphatic rings. The first-order chi connectivity index (χ1) is 6.31. The molecule has 74 valence electrons. The van der Waals surface area contributed by atoms with Gasteiger partial charge < -0.3 is 0 Å². The van der Waals surface area contributed by atoms with E-state index in [1.54, 1.807) is 0 Å². The highest BCUT2D eigenvalue weighted by Gasteiger charge is 2.25. The molecule has 2 unspecified atom stereocenters. The molecule has 13 heavy (non-hydrogen) atoms. The molecule has 2 nitrogen and oxygen atoms in total. The van der Waals surface area contributed by atoms with Crippen LogP contribution in [0.1, 0.15) is 39.5 Å². The topological polar surface area (TPSA) is 27.0 Å². The molecule has 0 aromatic carbocycles. The van der Waals surface area contributed by atoms with E-state index in [9.17, 15) is 0 Å². The van der Waals surface area contributed by atoms with Crippen LogP contribution in [-0.2, 0) is 0 Å². The number of nitriles is 1. The number of hydrogen-bond acceptors (Lipinski definition) is 2. The average molecular weight is 180 g/mol. The first-order valence-electron chi connectivity index (χ1n) is 5.42. The second-order valence-electron chi connectivity index (χ2n) is 3.98. The van der Waals surface area contributed by atoms with E-state index in [-0.39, 0.29) is 0 Å². The zero-order chi connectivity index (χ0) is 9.68. The van der Waals surface area contributed by atoms with Crippen molar-refractivity contribution in [2.45, 2.75) is 45.6 Å². The second-order valence-corrected chi connectivity index (χ2v) is 3.98. The summed E-state index contributed by atoms with van der Waals surface area (Å²) in [5.41, 5.74) is 0. The van der Waals surface area contributed by atoms with Crippen LogP contribution >= 0.6 is 0 Å². The monoisotopic (exact) mass is 180 g/mol. The standard InChI is InChI=1S/C11H20N2/c1-3-10-6-8-13(9-10)11(4-2)5-7-12/h10-11H,3-6,8-9H2,1-2H3. The zero-order valence-corrected chi connectivity index (χ0v) is 8.79. The summed E-state index contributed by atoms with van der Waals surface area (Å²) >= 11 is 0. The summed E-state index contributed by atoms with van der Waals surface area (Å²) in [6, 6.07) is 2.80. The molecular formula is C11H20N2. The van der Waals surface area contributed by atoms with Crippen LogP contribution < -0.4 is 0 Å². The van der Waals surface area contributed by atoms with Gasteiger partial charge in [-0.15, -0.1) is 0 Å². The highest BCUT2D eigenvalue weighted by Crippen LogP contribution is 2.23. The Balaban J connectivity index is 2.39. The van der Waals surface area contributed by atoms with Crippen LogP contribution in [0, 0.1) is 17.2 Å². The van der Waals surface area contributed by atoms with Crippen LogP contribution in [0.15, 0.2) is 0 Å². The predicted octanol–water partition coefficient (Wildman–Crippen LogP) is 2.41. The number of hydrogen-bond donors (Lipinski definition) is 0. The van der Waals surface area contributed by atoms with Crippen LogP contribution in [0.4, 0.5) is 0 Å². The van der Waals surface area contributed by atoms with Gasteiger partial charge in [0, 0.05) is 12.6 Å². The van der Waals surface area contributed by atoms with Gasteiger partial charge in [0.15, 0.2) is 0 Å². The van der Waals surface area contributed by atoms with Gasteiger partial charge in [-0.05, 0) is 25.3 Å². The lowest BCUT2D eigenvalue weighted by Crippen LogP contribution is -2.32. The summed E-state index contributed by atoms with van der Waals surface area (Å²) < 4.78 is 0. The van der Waals surface area contributed by atoms with E-state index in [0.29, 0.717) is 12.5 Å². The van der Waals surface area contributed by atoms with Gasteiger partial charge in [-0.25, -0.2) is 0 Å². The Hall–Kier alpha value is -0.550. The molecule has 0 amide bonds. The Labute approximate surface area is 81.5 Å². The van der Waals surface area contributed by atoms with Crippen molar-refractivity contribution >= 4 is 0 Å². The third-order valence-corrected chi connectivity index (χ3v) is 3.21. The van der Waals surface area contributed by atoms with E-state index in [0.717, 1.165) is 12.3 Å². The number of nitrogens with zero attached hydrogens (tertiary/aromatic N) is 2. The van der Waals surface area contributed by atoms with E-state index in [4.69, 9.17) is 5.26 Å². The van der Waals surface area contributed by atoms with Crippen molar-refractivity contribution in [3.8, 4) is 6.07 Å². The molecule has 0 N–H and O–H groups in total. The van der Waals surface area contributed by atoms with Crippen molar-refractivity contribution in [1.82, 2.24) is 4.90 Å². The lowest BCUT2D eigenvalue weighted by molar-refractivity contribution is 0.229. The van der Waals surface area contributed by atoms with Crippen molar-refractivity contribution in [3.05, 3.63) is 0 Å². The van der Waals surface area contributed by atoms with Gasteiger partial charge in [0.1, 0.15) is 0 Å². The highest BCUT2D eigenvalue weighted by molar-refractivity contribution is 4.86. The molecule has 2 heteroatoms. The van der Waals surface area contributed by atoms with Crippen LogP contribution in [0.3, 0.4) is 0 Å². The van der Waals surface area contributed by atoms with Crippen LogP contribution in [-0.4, -0.2) is 24.0 Å². The third kappa shape index (κ3) is 2.70. The molecule has 1 heterocycles. The van der Waals surface area contributed by atoms with Gasteiger partial charge in [-0.2, -0.15) is 5.26 Å². The molecule has 1 fully saturated rings. The Morgan fingerprint density at radius 2 is 2.31 bits per heavy atom. The Morgan fingerprint density at radius 3 is 2.77 bits per heavy atom. The van der Waals surface area contributed by atoms with Crippen molar-refractivity contribution in [2.24, 2.45) is 5.92 Å². The van der Waals surface area contributed by atoms with Crippen molar-refractivity contribution in [1.29, 1.82) is 5.26 Å². The minimum absolute atomic E-state index is 0.515. The first-order valence-corrected chi connectivity index (χ1v) is 5.42. The molecular weight excluding hydrogens is 160 g/mol. The van der Waals surface area contributed by atoms with Gasteiger partial charge in [0.2, 0.25) is 0 Å². The van der Waals surface area contributed by atoms with Gasteiger partial charge >= 0.3 is 0 Å². The van der Waals surface area contributed by atoms with Crippen molar-refractivity contribution in [3.63, 3.8) is 0 Å². The molecule has 0 bridgehead atoms. The lowest BCUT2D eigenvalue weighted by atomic mass is 10.1. The molecule has 0 spiro atoms. The normalized spacial score (nSPS) is 25.8. The summed E-state index contributed by atoms with van der Waals surface area (Å²) in [6.45, 7) is 6.87. The average Bonchev–Trinajstić information content (AvgIpc) is 2.62. The van der Waals surface area contributed by atoms with Crippen LogP contribution in [0.25, 0.3) is 0 Å². The van der Waals surface area contributed by atoms with E-state index < -0.39 is 0 Å². The first kappa shape index (κ1) is 10.5. The third-order valence-electron chi connectivity index (χ3n) is 3.21. The zero-order valence-electron chi connectivity index (χ0n) is 8.79. The summed E-state index contributed by atoms with van der Waals surface area (Å²) in [4.78, 5) is 2.50. The van der Waals surface area contributed by atoms with E-state index in [1.165, 1.54) is 25.9 Å². The minimum atomic E-state index is 0.515. The molecule has 0 saturated carbocycles. The second kappa shape index (κ2) is 5.24. The smallest absolute Gasteiger partial charge is 0.0638 e. The van der Waals surface area contributed by atoms with Gasteiger partial charge in [-0.1, -0.05) is 20.3 Å². The largest absolute Gasteiger partial charge is 0.299 e. The fourth-order valence-electron chi connectivity index (χ4n) is 2.16. The fourth-order valence-corrected chi connectivity index (χ4v) is 2.16. The molecule has 1 aliphatic heterocycles.